The van der Waals surface area contributed by atoms with E-state index < -0.39 is 0 Å². The Balaban J connectivity index is 1.19. The van der Waals surface area contributed by atoms with Crippen molar-refractivity contribution in [2.24, 2.45) is 5.92 Å². The van der Waals surface area contributed by atoms with Crippen molar-refractivity contribution in [2.75, 3.05) is 26.2 Å². The van der Waals surface area contributed by atoms with Crippen molar-refractivity contribution in [3.63, 3.8) is 0 Å². The van der Waals surface area contributed by atoms with Crippen LogP contribution in [0.15, 0.2) is 66.7 Å². The van der Waals surface area contributed by atoms with E-state index in [-0.39, 0.29) is 0 Å². The minimum Gasteiger partial charge on any atom is -0.493 e. The van der Waals surface area contributed by atoms with Crippen LogP contribution in [0.3, 0.4) is 0 Å². The largest absolute Gasteiger partial charge is 0.493 e. The molecule has 5 nitrogen and oxygen atoms in total. The topological polar surface area (TPSA) is 39.5 Å². The van der Waals surface area contributed by atoms with Gasteiger partial charge in [0.15, 0.2) is 0 Å². The average molecular weight is 530 g/mol. The van der Waals surface area contributed by atoms with Crippen LogP contribution in [0.4, 0.5) is 0 Å². The summed E-state index contributed by atoms with van der Waals surface area (Å²) in [6.45, 7) is 7.29. The van der Waals surface area contributed by atoms with Crippen LogP contribution in [-0.2, 0) is 13.0 Å². The van der Waals surface area contributed by atoms with Crippen molar-refractivity contribution in [2.45, 2.75) is 51.7 Å². The summed E-state index contributed by atoms with van der Waals surface area (Å²) in [6, 6.07) is 22.7. The van der Waals surface area contributed by atoms with E-state index in [9.17, 15) is 0 Å². The van der Waals surface area contributed by atoms with Gasteiger partial charge in [-0.25, -0.2) is 4.98 Å². The molecule has 0 aliphatic carbocycles. The summed E-state index contributed by atoms with van der Waals surface area (Å²) < 4.78 is 14.9. The molecule has 7 rings (SSSR count). The van der Waals surface area contributed by atoms with E-state index in [1.54, 1.807) is 0 Å². The average Bonchev–Trinajstić information content (AvgIpc) is 3.31. The lowest BCUT2D eigenvalue weighted by molar-refractivity contribution is -0.00770. The third-order valence-electron chi connectivity index (χ3n) is 8.02. The van der Waals surface area contributed by atoms with Crippen LogP contribution in [0.1, 0.15) is 38.2 Å². The number of rotatable bonds is 10. The fraction of sp³-hybridized carbons (Fsp3) is 0.406. The number of nitrogens with zero attached hydrogens (tertiary/aromatic N) is 3. The first-order valence-corrected chi connectivity index (χ1v) is 14.4. The molecule has 38 heavy (non-hydrogen) atoms. The van der Waals surface area contributed by atoms with Gasteiger partial charge in [-0.3, -0.25) is 4.90 Å². The quantitative estimate of drug-likeness (QED) is 0.217. The van der Waals surface area contributed by atoms with Gasteiger partial charge in [-0.05, 0) is 92.4 Å². The zero-order valence-electron chi connectivity index (χ0n) is 22.1. The lowest BCUT2D eigenvalue weighted by Crippen LogP contribution is -2.52. The number of imidazole rings is 1. The maximum Gasteiger partial charge on any atom is 0.141 e. The number of benzene rings is 3. The Morgan fingerprint density at radius 3 is 2.42 bits per heavy atom. The van der Waals surface area contributed by atoms with Crippen LogP contribution in [0, 0.1) is 5.92 Å². The molecule has 198 valence electrons. The number of halogens is 1. The molecule has 1 atom stereocenters. The Bertz CT molecular complexity index is 1360. The summed E-state index contributed by atoms with van der Waals surface area (Å²) in [4.78, 5) is 7.59. The van der Waals surface area contributed by atoms with Crippen molar-refractivity contribution in [1.82, 2.24) is 14.5 Å². The monoisotopic (exact) mass is 529 g/mol. The van der Waals surface area contributed by atoms with Crippen LogP contribution in [0.2, 0.25) is 5.02 Å². The van der Waals surface area contributed by atoms with Crippen molar-refractivity contribution in [3.05, 3.63) is 77.3 Å². The third kappa shape index (κ3) is 5.55. The third-order valence-corrected chi connectivity index (χ3v) is 8.28. The smallest absolute Gasteiger partial charge is 0.141 e. The SMILES string of the molecule is CCCCn1c(-c2ccc(OCCc3ccc(Cl)cc3)cc2)nc2ccc(OC3CN4CCC3CC4)cc21. The zero-order valence-corrected chi connectivity index (χ0v) is 22.9. The molecule has 3 aromatic carbocycles. The van der Waals surface area contributed by atoms with Gasteiger partial charge in [0.25, 0.3) is 0 Å². The summed E-state index contributed by atoms with van der Waals surface area (Å²) in [5.74, 6) is 3.52. The maximum atomic E-state index is 6.56. The highest BCUT2D eigenvalue weighted by Gasteiger charge is 2.35. The Labute approximate surface area is 230 Å². The van der Waals surface area contributed by atoms with E-state index >= 15 is 0 Å². The standard InChI is InChI=1S/C32H36ClN3O2/c1-2-3-17-36-30-21-28(38-31-22-35-18-14-24(31)15-19-35)12-13-29(30)34-32(36)25-6-10-27(11-7-25)37-20-16-23-4-8-26(33)9-5-23/h4-13,21,24,31H,2-3,14-20,22H2,1H3. The molecule has 1 aromatic heterocycles. The second-order valence-electron chi connectivity index (χ2n) is 10.6. The van der Waals surface area contributed by atoms with Gasteiger partial charge in [-0.2, -0.15) is 0 Å². The van der Waals surface area contributed by atoms with Gasteiger partial charge in [-0.1, -0.05) is 37.1 Å². The molecule has 4 heterocycles. The Kier molecular flexibility index (Phi) is 7.57. The number of unbranched alkanes of at least 4 members (excludes halogenated alkanes) is 1. The molecule has 6 heteroatoms. The molecule has 4 aromatic rings. The molecule has 0 amide bonds. The zero-order chi connectivity index (χ0) is 25.9. The molecule has 2 bridgehead atoms. The van der Waals surface area contributed by atoms with Crippen LogP contribution in [-0.4, -0.2) is 46.8 Å². The molecule has 0 radical (unpaired) electrons. The predicted octanol–water partition coefficient (Wildman–Crippen LogP) is 7.25. The number of fused-ring (bicyclic) bond motifs is 4. The maximum absolute atomic E-state index is 6.56. The number of aryl methyl sites for hydroxylation is 1. The predicted molar refractivity (Wildman–Crippen MR) is 154 cm³/mol. The van der Waals surface area contributed by atoms with Crippen molar-refractivity contribution in [3.8, 4) is 22.9 Å². The first kappa shape index (κ1) is 25.3. The highest BCUT2D eigenvalue weighted by molar-refractivity contribution is 6.30. The van der Waals surface area contributed by atoms with E-state index in [0.717, 1.165) is 71.3 Å². The van der Waals surface area contributed by atoms with E-state index in [0.29, 0.717) is 18.6 Å². The van der Waals surface area contributed by atoms with Crippen molar-refractivity contribution < 1.29 is 9.47 Å². The second kappa shape index (κ2) is 11.4. The molecule has 0 saturated carbocycles. The number of hydrogen-bond donors (Lipinski definition) is 0. The summed E-state index contributed by atoms with van der Waals surface area (Å²) in [7, 11) is 0. The first-order valence-electron chi connectivity index (χ1n) is 14.0. The van der Waals surface area contributed by atoms with Gasteiger partial charge in [0.1, 0.15) is 23.4 Å². The second-order valence-corrected chi connectivity index (χ2v) is 11.1. The molecular formula is C32H36ClN3O2. The highest BCUT2D eigenvalue weighted by Crippen LogP contribution is 2.33. The number of piperidine rings is 3. The lowest BCUT2D eigenvalue weighted by Gasteiger charge is -2.44. The van der Waals surface area contributed by atoms with Gasteiger partial charge in [0, 0.05) is 36.2 Å². The molecule has 0 N–H and O–H groups in total. The molecule has 1 unspecified atom stereocenters. The van der Waals surface area contributed by atoms with E-state index in [1.807, 2.05) is 36.4 Å². The lowest BCUT2D eigenvalue weighted by atomic mass is 9.86. The van der Waals surface area contributed by atoms with Gasteiger partial charge < -0.3 is 14.0 Å². The normalized spacial score (nSPS) is 20.6. The summed E-state index contributed by atoms with van der Waals surface area (Å²) >= 11 is 5.99. The Morgan fingerprint density at radius 2 is 1.71 bits per heavy atom. The summed E-state index contributed by atoms with van der Waals surface area (Å²) in [5.41, 5.74) is 4.48. The number of ether oxygens (including phenoxy) is 2. The van der Waals surface area contributed by atoms with Crippen molar-refractivity contribution in [1.29, 1.82) is 0 Å². The minimum atomic E-state index is 0.300. The molecular weight excluding hydrogens is 494 g/mol. The number of hydrogen-bond acceptors (Lipinski definition) is 4. The van der Waals surface area contributed by atoms with E-state index in [4.69, 9.17) is 26.1 Å². The van der Waals surface area contributed by atoms with Crippen LogP contribution >= 0.6 is 11.6 Å². The fourth-order valence-electron chi connectivity index (χ4n) is 5.80. The Hall–Kier alpha value is -3.02. The summed E-state index contributed by atoms with van der Waals surface area (Å²) in [5, 5.41) is 0.758. The van der Waals surface area contributed by atoms with Crippen molar-refractivity contribution >= 4 is 22.6 Å². The van der Waals surface area contributed by atoms with E-state index in [1.165, 1.54) is 31.5 Å². The first-order chi connectivity index (χ1) is 18.7. The molecule has 3 saturated heterocycles. The van der Waals surface area contributed by atoms with Gasteiger partial charge in [0.05, 0.1) is 17.6 Å². The molecule has 0 spiro atoms. The van der Waals surface area contributed by atoms with E-state index in [2.05, 4.69) is 46.7 Å². The summed E-state index contributed by atoms with van der Waals surface area (Å²) in [6.07, 6.45) is 5.90. The molecule has 3 aliphatic rings. The minimum absolute atomic E-state index is 0.300. The highest BCUT2D eigenvalue weighted by atomic mass is 35.5. The van der Waals surface area contributed by atoms with Crippen LogP contribution in [0.5, 0.6) is 11.5 Å². The molecule has 3 aliphatic heterocycles. The van der Waals surface area contributed by atoms with Gasteiger partial charge in [0.2, 0.25) is 0 Å². The fourth-order valence-corrected chi connectivity index (χ4v) is 5.92. The molecule has 3 fully saturated rings. The number of aromatic nitrogens is 2. The van der Waals surface area contributed by atoms with Crippen LogP contribution < -0.4 is 9.47 Å². The van der Waals surface area contributed by atoms with Gasteiger partial charge in [-0.15, -0.1) is 0 Å². The van der Waals surface area contributed by atoms with Crippen LogP contribution in [0.25, 0.3) is 22.4 Å². The van der Waals surface area contributed by atoms with Gasteiger partial charge >= 0.3 is 0 Å². The Morgan fingerprint density at radius 1 is 0.947 bits per heavy atom.